The van der Waals surface area contributed by atoms with Gasteiger partial charge in [0.1, 0.15) is 0 Å². The van der Waals surface area contributed by atoms with E-state index in [1.54, 1.807) is 0 Å². The first-order chi connectivity index (χ1) is 13.7. The molecular weight excluding hydrogens is 348 g/mol. The lowest BCUT2D eigenvalue weighted by molar-refractivity contribution is 0.923. The van der Waals surface area contributed by atoms with E-state index in [0.29, 0.717) is 0 Å². The van der Waals surface area contributed by atoms with Crippen LogP contribution in [0.5, 0.6) is 0 Å². The normalized spacial score (nSPS) is 12.4. The summed E-state index contributed by atoms with van der Waals surface area (Å²) in [5.74, 6) is 2.68. The summed E-state index contributed by atoms with van der Waals surface area (Å²) in [4.78, 5) is 0. The Labute approximate surface area is 178 Å². The van der Waals surface area contributed by atoms with Crippen LogP contribution in [0, 0.1) is 33.1 Å². The molecule has 0 aliphatic rings. The Morgan fingerprint density at radius 2 is 1.59 bits per heavy atom. The van der Waals surface area contributed by atoms with Gasteiger partial charge < -0.3 is 0 Å². The van der Waals surface area contributed by atoms with Gasteiger partial charge in [0.05, 0.1) is 0 Å². The molecule has 0 heteroatoms. The van der Waals surface area contributed by atoms with Gasteiger partial charge in [-0.25, -0.2) is 0 Å². The van der Waals surface area contributed by atoms with E-state index in [9.17, 15) is 0 Å². The average Bonchev–Trinajstić information content (AvgIpc) is 2.66. The van der Waals surface area contributed by atoms with Crippen LogP contribution in [0.15, 0.2) is 71.3 Å². The molecule has 0 aromatic heterocycles. The Kier molecular flexibility index (Phi) is 7.86. The van der Waals surface area contributed by atoms with Crippen molar-refractivity contribution >= 4 is 0 Å². The minimum absolute atomic E-state index is 0.929. The van der Waals surface area contributed by atoms with Gasteiger partial charge >= 0.3 is 0 Å². The molecule has 2 aromatic rings. The van der Waals surface area contributed by atoms with Crippen molar-refractivity contribution in [1.29, 1.82) is 0 Å². The lowest BCUT2D eigenvalue weighted by Crippen LogP contribution is -1.99. The van der Waals surface area contributed by atoms with Gasteiger partial charge in [0, 0.05) is 5.56 Å². The minimum atomic E-state index is 0.929. The van der Waals surface area contributed by atoms with Gasteiger partial charge in [-0.2, -0.15) is 0 Å². The first-order valence-corrected chi connectivity index (χ1v) is 10.4. The van der Waals surface area contributed by atoms with Crippen molar-refractivity contribution in [3.63, 3.8) is 0 Å². The third-order valence-corrected chi connectivity index (χ3v) is 5.63. The van der Waals surface area contributed by atoms with Crippen LogP contribution in [0.4, 0.5) is 0 Å². The second kappa shape index (κ2) is 10.1. The van der Waals surface area contributed by atoms with Crippen LogP contribution in [0.1, 0.15) is 60.6 Å². The van der Waals surface area contributed by atoms with Gasteiger partial charge in [-0.15, -0.1) is 6.42 Å². The van der Waals surface area contributed by atoms with Crippen LogP contribution in [-0.2, 0) is 12.8 Å². The van der Waals surface area contributed by atoms with Crippen molar-refractivity contribution in [2.24, 2.45) is 0 Å². The summed E-state index contributed by atoms with van der Waals surface area (Å²) in [5.41, 5.74) is 13.0. The zero-order valence-corrected chi connectivity index (χ0v) is 18.9. The summed E-state index contributed by atoms with van der Waals surface area (Å²) < 4.78 is 0. The summed E-state index contributed by atoms with van der Waals surface area (Å²) in [5, 5.41) is 0. The SMILES string of the molecule is C#Cc1ccc(C/C(C)=C/C(CCc2c(C)cc(C)cc2C)=C(C)C(=C)C)cc1. The second-order valence-electron chi connectivity index (χ2n) is 8.32. The smallest absolute Gasteiger partial charge is 0.0242 e. The molecule has 0 N–H and O–H groups in total. The third kappa shape index (κ3) is 6.37. The van der Waals surface area contributed by atoms with Crippen LogP contribution >= 0.6 is 0 Å². The van der Waals surface area contributed by atoms with Crippen LogP contribution in [0.2, 0.25) is 0 Å². The van der Waals surface area contributed by atoms with E-state index in [1.165, 1.54) is 44.5 Å². The summed E-state index contributed by atoms with van der Waals surface area (Å²) >= 11 is 0. The lowest BCUT2D eigenvalue weighted by atomic mass is 9.91. The molecule has 0 saturated heterocycles. The fourth-order valence-corrected chi connectivity index (χ4v) is 3.90. The summed E-state index contributed by atoms with van der Waals surface area (Å²) in [6, 6.07) is 12.9. The third-order valence-electron chi connectivity index (χ3n) is 5.63. The Morgan fingerprint density at radius 3 is 2.10 bits per heavy atom. The Hall–Kier alpha value is -2.78. The fourth-order valence-electron chi connectivity index (χ4n) is 3.90. The molecule has 2 rings (SSSR count). The van der Waals surface area contributed by atoms with Crippen LogP contribution in [0.25, 0.3) is 0 Å². The number of rotatable bonds is 7. The molecule has 0 atom stereocenters. The van der Waals surface area contributed by atoms with Gasteiger partial charge in [-0.05, 0) is 106 Å². The van der Waals surface area contributed by atoms with Crippen LogP contribution < -0.4 is 0 Å². The monoisotopic (exact) mass is 382 g/mol. The number of hydrogen-bond donors (Lipinski definition) is 0. The molecule has 0 nitrogen and oxygen atoms in total. The molecule has 0 fully saturated rings. The number of aryl methyl sites for hydroxylation is 3. The van der Waals surface area contributed by atoms with E-state index < -0.39 is 0 Å². The maximum atomic E-state index is 5.46. The van der Waals surface area contributed by atoms with Crippen molar-refractivity contribution in [2.45, 2.75) is 60.8 Å². The van der Waals surface area contributed by atoms with E-state index in [0.717, 1.165) is 30.4 Å². The number of terminal acetylenes is 1. The average molecular weight is 383 g/mol. The number of allylic oxidation sites excluding steroid dienone is 5. The summed E-state index contributed by atoms with van der Waals surface area (Å²) in [7, 11) is 0. The molecule has 0 bridgehead atoms. The van der Waals surface area contributed by atoms with Crippen molar-refractivity contribution in [3.8, 4) is 12.3 Å². The maximum absolute atomic E-state index is 5.46. The summed E-state index contributed by atoms with van der Waals surface area (Å²) in [6.45, 7) is 17.3. The molecule has 0 aliphatic heterocycles. The van der Waals surface area contributed by atoms with Gasteiger partial charge in [0.15, 0.2) is 0 Å². The lowest BCUT2D eigenvalue weighted by Gasteiger charge is -2.15. The first-order valence-electron chi connectivity index (χ1n) is 10.4. The Morgan fingerprint density at radius 1 is 1.00 bits per heavy atom. The van der Waals surface area contributed by atoms with Crippen molar-refractivity contribution in [3.05, 3.63) is 105 Å². The standard InChI is InChI=1S/C29H34/c1-9-26-10-12-27(13-11-26)18-22(5)19-28(25(8)20(2)3)14-15-29-23(6)16-21(4)17-24(29)7/h1,10-13,16-17,19H,2,14-15,18H2,3-8H3/b22-19+,28-25?. The highest BCUT2D eigenvalue weighted by atomic mass is 14.1. The van der Waals surface area contributed by atoms with Gasteiger partial charge in [0.2, 0.25) is 0 Å². The van der Waals surface area contributed by atoms with Gasteiger partial charge in [-0.1, -0.05) is 59.6 Å². The molecule has 29 heavy (non-hydrogen) atoms. The van der Waals surface area contributed by atoms with E-state index in [2.05, 4.69) is 84.4 Å². The van der Waals surface area contributed by atoms with E-state index in [-0.39, 0.29) is 0 Å². The van der Waals surface area contributed by atoms with Crippen molar-refractivity contribution < 1.29 is 0 Å². The molecule has 2 aromatic carbocycles. The highest BCUT2D eigenvalue weighted by molar-refractivity contribution is 5.42. The first kappa shape index (κ1) is 22.5. The molecule has 0 spiro atoms. The molecule has 0 amide bonds. The highest BCUT2D eigenvalue weighted by Gasteiger charge is 2.08. The predicted molar refractivity (Wildman–Crippen MR) is 128 cm³/mol. The zero-order chi connectivity index (χ0) is 21.6. The van der Waals surface area contributed by atoms with E-state index in [1.807, 2.05) is 12.1 Å². The predicted octanol–water partition coefficient (Wildman–Crippen LogP) is 7.61. The van der Waals surface area contributed by atoms with Gasteiger partial charge in [-0.3, -0.25) is 0 Å². The molecule has 0 heterocycles. The maximum Gasteiger partial charge on any atom is 0.0242 e. The summed E-state index contributed by atoms with van der Waals surface area (Å²) in [6.07, 6.45) is 10.8. The van der Waals surface area contributed by atoms with Crippen molar-refractivity contribution in [2.75, 3.05) is 0 Å². The molecule has 0 unspecified atom stereocenters. The quantitative estimate of drug-likeness (QED) is 0.341. The van der Waals surface area contributed by atoms with E-state index in [4.69, 9.17) is 6.42 Å². The molecule has 150 valence electrons. The Balaban J connectivity index is 2.24. The minimum Gasteiger partial charge on any atom is -0.115 e. The van der Waals surface area contributed by atoms with Crippen molar-refractivity contribution in [1.82, 2.24) is 0 Å². The number of hydrogen-bond acceptors (Lipinski definition) is 0. The topological polar surface area (TPSA) is 0 Å². The van der Waals surface area contributed by atoms with Gasteiger partial charge in [0.25, 0.3) is 0 Å². The molecular formula is C29H34. The number of benzene rings is 2. The zero-order valence-electron chi connectivity index (χ0n) is 18.9. The van der Waals surface area contributed by atoms with Crippen LogP contribution in [-0.4, -0.2) is 0 Å². The van der Waals surface area contributed by atoms with Crippen LogP contribution in [0.3, 0.4) is 0 Å². The highest BCUT2D eigenvalue weighted by Crippen LogP contribution is 2.25. The fraction of sp³-hybridized carbons (Fsp3) is 0.310. The molecule has 0 saturated carbocycles. The van der Waals surface area contributed by atoms with E-state index >= 15 is 0 Å². The molecule has 0 radical (unpaired) electrons. The second-order valence-corrected chi connectivity index (χ2v) is 8.32. The largest absolute Gasteiger partial charge is 0.115 e. The Bertz CT molecular complexity index is 962. The molecule has 0 aliphatic carbocycles.